The van der Waals surface area contributed by atoms with Gasteiger partial charge in [0.15, 0.2) is 6.04 Å². The molecule has 2 aromatic rings. The van der Waals surface area contributed by atoms with Crippen LogP contribution in [0.15, 0.2) is 53.4 Å². The predicted molar refractivity (Wildman–Crippen MR) is 90.7 cm³/mol. The first kappa shape index (κ1) is 18.2. The molecule has 3 rings (SSSR count). The molecule has 1 saturated heterocycles. The maximum Gasteiger partial charge on any atom is 0.292 e. The summed E-state index contributed by atoms with van der Waals surface area (Å²) < 4.78 is 36.4. The number of anilines is 1. The number of halogens is 1. The van der Waals surface area contributed by atoms with Crippen LogP contribution in [-0.4, -0.2) is 26.3 Å². The second-order valence-electron chi connectivity index (χ2n) is 5.96. The second kappa shape index (κ2) is 6.94. The van der Waals surface area contributed by atoms with Gasteiger partial charge in [0.1, 0.15) is 12.4 Å². The summed E-state index contributed by atoms with van der Waals surface area (Å²) in [7, 11) is -3.76. The van der Waals surface area contributed by atoms with E-state index in [1.165, 1.54) is 30.3 Å². The average molecular weight is 378 g/mol. The van der Waals surface area contributed by atoms with E-state index in [4.69, 9.17) is 5.14 Å². The lowest BCUT2D eigenvalue weighted by molar-refractivity contribution is -0.690. The van der Waals surface area contributed by atoms with Gasteiger partial charge < -0.3 is 5.32 Å². The first-order valence-corrected chi connectivity index (χ1v) is 9.38. The van der Waals surface area contributed by atoms with Crippen LogP contribution in [-0.2, 0) is 26.2 Å². The molecule has 26 heavy (non-hydrogen) atoms. The Morgan fingerprint density at radius 2 is 1.77 bits per heavy atom. The lowest BCUT2D eigenvalue weighted by Crippen LogP contribution is -2.90. The van der Waals surface area contributed by atoms with Crippen LogP contribution in [0, 0.1) is 5.82 Å². The molecule has 0 bridgehead atoms. The van der Waals surface area contributed by atoms with Crippen molar-refractivity contribution >= 4 is 27.5 Å². The van der Waals surface area contributed by atoms with Gasteiger partial charge in [-0.05, 0) is 24.3 Å². The van der Waals surface area contributed by atoms with Gasteiger partial charge in [-0.2, -0.15) is 0 Å². The fraction of sp³-hybridized carbons (Fsp3) is 0.176. The molecular formula is C17H17FN3O4S+. The summed E-state index contributed by atoms with van der Waals surface area (Å²) in [5.74, 6) is -1.55. The van der Waals surface area contributed by atoms with E-state index in [1.807, 2.05) is 0 Å². The number of para-hydroxylation sites is 1. The predicted octanol–water partition coefficient (Wildman–Crippen LogP) is -0.131. The van der Waals surface area contributed by atoms with E-state index in [0.29, 0.717) is 6.54 Å². The van der Waals surface area contributed by atoms with Crippen LogP contribution in [0.1, 0.15) is 12.0 Å². The number of hydrogen-bond acceptors (Lipinski definition) is 4. The highest BCUT2D eigenvalue weighted by molar-refractivity contribution is 7.89. The third kappa shape index (κ3) is 3.64. The normalized spacial score (nSPS) is 17.8. The van der Waals surface area contributed by atoms with Gasteiger partial charge in [-0.3, -0.25) is 9.59 Å². The first-order chi connectivity index (χ1) is 12.3. The van der Waals surface area contributed by atoms with Crippen LogP contribution in [0.25, 0.3) is 0 Å². The molecule has 0 radical (unpaired) electrons. The maximum absolute atomic E-state index is 13.9. The lowest BCUT2D eigenvalue weighted by atomic mass is 10.2. The zero-order valence-electron chi connectivity index (χ0n) is 13.6. The van der Waals surface area contributed by atoms with Crippen molar-refractivity contribution in [3.8, 4) is 0 Å². The van der Waals surface area contributed by atoms with Crippen molar-refractivity contribution in [2.24, 2.45) is 5.14 Å². The van der Waals surface area contributed by atoms with Crippen LogP contribution in [0.3, 0.4) is 0 Å². The monoisotopic (exact) mass is 378 g/mol. The Balaban J connectivity index is 1.69. The minimum Gasteiger partial charge on any atom is -0.332 e. The number of carbonyl (C=O) groups is 2. The quantitative estimate of drug-likeness (QED) is 0.705. The molecule has 0 aromatic heterocycles. The molecular weight excluding hydrogens is 361 g/mol. The summed E-state index contributed by atoms with van der Waals surface area (Å²) in [5.41, 5.74) is 0.720. The molecule has 136 valence electrons. The first-order valence-electron chi connectivity index (χ1n) is 7.84. The van der Waals surface area contributed by atoms with Gasteiger partial charge >= 0.3 is 0 Å². The molecule has 7 nitrogen and oxygen atoms in total. The van der Waals surface area contributed by atoms with Crippen molar-refractivity contribution in [1.82, 2.24) is 0 Å². The van der Waals surface area contributed by atoms with Crippen LogP contribution in [0.4, 0.5) is 10.1 Å². The van der Waals surface area contributed by atoms with E-state index in [-0.39, 0.29) is 17.0 Å². The standard InChI is InChI=1S/C17H16FN3O4S/c18-13-3-1-2-4-15(13)21-16(22)9-14(17(21)23)20-10-11-5-7-12(8-6-11)26(19,24)25/h1-8,14,20H,9-10H2,(H2,19,24,25)/p+1/t14-/m0/s1. The zero-order chi connectivity index (χ0) is 18.9. The minimum atomic E-state index is -3.76. The maximum atomic E-state index is 13.9. The third-order valence-corrected chi connectivity index (χ3v) is 5.09. The van der Waals surface area contributed by atoms with Gasteiger partial charge in [-0.25, -0.2) is 22.8 Å². The van der Waals surface area contributed by atoms with E-state index in [0.717, 1.165) is 10.5 Å². The van der Waals surface area contributed by atoms with Gasteiger partial charge in [0.25, 0.3) is 5.91 Å². The third-order valence-electron chi connectivity index (χ3n) is 4.16. The van der Waals surface area contributed by atoms with Crippen molar-refractivity contribution in [2.45, 2.75) is 23.9 Å². The summed E-state index contributed by atoms with van der Waals surface area (Å²) in [6.45, 7) is 0.361. The molecule has 2 amide bonds. The van der Waals surface area contributed by atoms with Gasteiger partial charge in [0.2, 0.25) is 15.9 Å². The van der Waals surface area contributed by atoms with Crippen LogP contribution in [0.2, 0.25) is 0 Å². The summed E-state index contributed by atoms with van der Waals surface area (Å²) >= 11 is 0. The number of imide groups is 1. The van der Waals surface area contributed by atoms with Crippen molar-refractivity contribution in [2.75, 3.05) is 4.90 Å². The summed E-state index contributed by atoms with van der Waals surface area (Å²) in [6.07, 6.45) is -0.0254. The Labute approximate surface area is 149 Å². The van der Waals surface area contributed by atoms with E-state index in [1.54, 1.807) is 23.5 Å². The molecule has 0 unspecified atom stereocenters. The molecule has 0 spiro atoms. The number of sulfonamides is 1. The van der Waals surface area contributed by atoms with Gasteiger partial charge in [0, 0.05) is 5.56 Å². The van der Waals surface area contributed by atoms with Crippen molar-refractivity contribution in [3.63, 3.8) is 0 Å². The minimum absolute atomic E-state index is 0.000835. The summed E-state index contributed by atoms with van der Waals surface area (Å²) in [5, 5.41) is 6.72. The Kier molecular flexibility index (Phi) is 4.86. The number of nitrogens with two attached hydrogens (primary N) is 2. The topological polar surface area (TPSA) is 114 Å². The van der Waals surface area contributed by atoms with Crippen LogP contribution < -0.4 is 15.4 Å². The molecule has 0 saturated carbocycles. The Morgan fingerprint density at radius 1 is 1.12 bits per heavy atom. The largest absolute Gasteiger partial charge is 0.332 e. The smallest absolute Gasteiger partial charge is 0.292 e. The zero-order valence-corrected chi connectivity index (χ0v) is 14.4. The fourth-order valence-electron chi connectivity index (χ4n) is 2.82. The number of carbonyl (C=O) groups excluding carboxylic acids is 2. The molecule has 1 fully saturated rings. The number of nitrogens with zero attached hydrogens (tertiary/aromatic N) is 1. The summed E-state index contributed by atoms with van der Waals surface area (Å²) in [6, 6.07) is 10.9. The lowest BCUT2D eigenvalue weighted by Gasteiger charge is -2.14. The highest BCUT2D eigenvalue weighted by Crippen LogP contribution is 2.24. The number of rotatable bonds is 5. The molecule has 1 aliphatic heterocycles. The fourth-order valence-corrected chi connectivity index (χ4v) is 3.33. The summed E-state index contributed by atoms with van der Waals surface area (Å²) in [4.78, 5) is 25.5. The van der Waals surface area contributed by atoms with Gasteiger partial charge in [-0.1, -0.05) is 24.3 Å². The van der Waals surface area contributed by atoms with Gasteiger partial charge in [0.05, 0.1) is 17.0 Å². The SMILES string of the molecule is NS(=O)(=O)c1ccc(C[NH2+][C@H]2CC(=O)N(c3ccccc3F)C2=O)cc1. The number of benzene rings is 2. The van der Waals surface area contributed by atoms with Gasteiger partial charge in [-0.15, -0.1) is 0 Å². The second-order valence-corrected chi connectivity index (χ2v) is 7.52. The van der Waals surface area contributed by atoms with E-state index >= 15 is 0 Å². The van der Waals surface area contributed by atoms with E-state index < -0.39 is 33.7 Å². The number of hydrogen-bond donors (Lipinski definition) is 2. The number of primary sulfonamides is 1. The average Bonchev–Trinajstić information content (AvgIpc) is 2.87. The van der Waals surface area contributed by atoms with Crippen LogP contribution in [0.5, 0.6) is 0 Å². The molecule has 1 atom stereocenters. The molecule has 0 aliphatic carbocycles. The van der Waals surface area contributed by atoms with Crippen LogP contribution >= 0.6 is 0 Å². The van der Waals surface area contributed by atoms with Crippen molar-refractivity contribution < 1.29 is 27.7 Å². The van der Waals surface area contributed by atoms with Crippen molar-refractivity contribution in [3.05, 3.63) is 59.9 Å². The highest BCUT2D eigenvalue weighted by atomic mass is 32.2. The Hall–Kier alpha value is -2.62. The van der Waals surface area contributed by atoms with E-state index in [9.17, 15) is 22.4 Å². The number of quaternary nitrogens is 1. The Bertz CT molecular complexity index is 960. The van der Waals surface area contributed by atoms with E-state index in [2.05, 4.69) is 0 Å². The molecule has 4 N–H and O–H groups in total. The number of amides is 2. The molecule has 9 heteroatoms. The molecule has 1 heterocycles. The highest BCUT2D eigenvalue weighted by Gasteiger charge is 2.43. The molecule has 1 aliphatic rings. The van der Waals surface area contributed by atoms with Crippen molar-refractivity contribution in [1.29, 1.82) is 0 Å². The molecule has 2 aromatic carbocycles. The Morgan fingerprint density at radius 3 is 2.38 bits per heavy atom.